The van der Waals surface area contributed by atoms with Gasteiger partial charge in [-0.3, -0.25) is 0 Å². The summed E-state index contributed by atoms with van der Waals surface area (Å²) >= 11 is 8.36. The zero-order chi connectivity index (χ0) is 6.00. The Morgan fingerprint density at radius 2 is 0.875 bits per heavy atom. The Morgan fingerprint density at radius 1 is 0.875 bits per heavy atom. The van der Waals surface area contributed by atoms with Crippen molar-refractivity contribution in [2.75, 3.05) is 0 Å². The Balaban J connectivity index is -0.00000000500. The van der Waals surface area contributed by atoms with E-state index in [2.05, 4.69) is 40.6 Å². The molecular formula is HCd2Mo2S4-. The summed E-state index contributed by atoms with van der Waals surface area (Å²) in [7, 11) is 8.51. The first-order chi connectivity index (χ1) is 3.00. The van der Waals surface area contributed by atoms with E-state index in [1.54, 1.807) is 0 Å². The maximum absolute atomic E-state index is 4.25. The molecule has 0 aromatic carbocycles. The van der Waals surface area contributed by atoms with Gasteiger partial charge in [0.2, 0.25) is 0 Å². The van der Waals surface area contributed by atoms with Gasteiger partial charge in [-0.25, -0.2) is 0 Å². The zero-order valence-electron chi connectivity index (χ0n) is 3.90. The quantitative estimate of drug-likeness (QED) is 0.213. The molecule has 0 amide bonds. The second-order valence-electron chi connectivity index (χ2n) is 0. The van der Waals surface area contributed by atoms with E-state index in [-0.39, 0.29) is 42.1 Å². The molecule has 0 radical (unpaired) electrons. The van der Waals surface area contributed by atoms with Crippen LogP contribution in [0.5, 0.6) is 0 Å². The minimum atomic E-state index is 0. The molecule has 0 bridgehead atoms. The fourth-order valence-corrected chi connectivity index (χ4v) is 0. The molecule has 0 aromatic rings. The SMILES string of the molecule is [Mo].[Mo].[S-]S.[S]=[Cd].[S]=[Cd]. The Bertz CT molecular complexity index is 14.0. The molecule has 0 atom stereocenters. The van der Waals surface area contributed by atoms with E-state index >= 15 is 0 Å². The number of hydrogen-bond acceptors (Lipinski definition) is 4. The molecule has 42 valence electrons. The van der Waals surface area contributed by atoms with Gasteiger partial charge in [-0.05, 0) is 0 Å². The number of hydrogen-bond donors (Lipinski definition) is 1. The van der Waals surface area contributed by atoms with E-state index in [4.69, 9.17) is 0 Å². The van der Waals surface area contributed by atoms with Crippen LogP contribution in [0, 0.1) is 0 Å². The normalized spacial score (nSPS) is 2.25. The van der Waals surface area contributed by atoms with E-state index in [9.17, 15) is 0 Å². The molecule has 0 nitrogen and oxygen atoms in total. The van der Waals surface area contributed by atoms with Crippen LogP contribution in [0.2, 0.25) is 0 Å². The van der Waals surface area contributed by atoms with Crippen LogP contribution in [0.4, 0.5) is 0 Å². The van der Waals surface area contributed by atoms with Crippen LogP contribution in [0.1, 0.15) is 0 Å². The van der Waals surface area contributed by atoms with Crippen molar-refractivity contribution in [3.8, 4) is 0 Å². The number of rotatable bonds is 0. The fourth-order valence-electron chi connectivity index (χ4n) is 0. The standard InChI is InChI=1S/2Cd.2Mo.H2S2.2S/c;;;;1-2;;/h;;;;1-2H;;/p-1. The first kappa shape index (κ1) is 29.4. The molecule has 0 saturated heterocycles. The Labute approximate surface area is 127 Å². The molecule has 0 N–H and O–H groups in total. The van der Waals surface area contributed by atoms with Crippen LogP contribution in [0.3, 0.4) is 0 Å². The second-order valence-corrected chi connectivity index (χ2v) is 0. The summed E-state index contributed by atoms with van der Waals surface area (Å²) in [4.78, 5) is 0. The molecular weight excluding hydrogens is 545 g/mol. The molecule has 8 heavy (non-hydrogen) atoms. The van der Waals surface area contributed by atoms with Gasteiger partial charge in [-0.1, -0.05) is 0 Å². The van der Waals surface area contributed by atoms with Gasteiger partial charge < -0.3 is 23.3 Å². The Morgan fingerprint density at radius 3 is 0.875 bits per heavy atom. The third-order valence-electron chi connectivity index (χ3n) is 0. The van der Waals surface area contributed by atoms with Crippen molar-refractivity contribution in [3.63, 3.8) is 0 Å². The first-order valence-electron chi connectivity index (χ1n) is 0.760. The molecule has 0 aromatic heterocycles. The molecule has 0 aliphatic carbocycles. The van der Waals surface area contributed by atoms with Crippen LogP contribution in [0.15, 0.2) is 0 Å². The predicted octanol–water partition coefficient (Wildman–Crippen LogP) is 1.66. The molecule has 0 heterocycles. The predicted molar refractivity (Wildman–Crippen MR) is 31.5 cm³/mol. The zero-order valence-corrected chi connectivity index (χ0v) is 19.3. The van der Waals surface area contributed by atoms with Gasteiger partial charge in [0.05, 0.1) is 0 Å². The average molecular weight is 546 g/mol. The van der Waals surface area contributed by atoms with Gasteiger partial charge in [-0.15, -0.1) is 0 Å². The van der Waals surface area contributed by atoms with Crippen molar-refractivity contribution in [1.29, 1.82) is 0 Å². The molecule has 8 heteroatoms. The molecule has 0 fully saturated rings. The van der Waals surface area contributed by atoms with E-state index in [1.807, 2.05) is 0 Å². The Hall–Kier alpha value is 4.36. The van der Waals surface area contributed by atoms with Gasteiger partial charge in [0.25, 0.3) is 0 Å². The maximum atomic E-state index is 4.25. The first-order valence-corrected chi connectivity index (χ1v) is 13.3. The van der Waals surface area contributed by atoms with Crippen molar-refractivity contribution in [3.05, 3.63) is 0 Å². The van der Waals surface area contributed by atoms with Gasteiger partial charge in [0, 0.05) is 42.1 Å². The van der Waals surface area contributed by atoms with Crippen LogP contribution in [0.25, 0.3) is 0 Å². The van der Waals surface area contributed by atoms with Crippen molar-refractivity contribution in [2.45, 2.75) is 0 Å². The van der Waals surface area contributed by atoms with Crippen LogP contribution >= 0.6 is 29.0 Å². The summed E-state index contributed by atoms with van der Waals surface area (Å²) in [6.07, 6.45) is 0. The summed E-state index contributed by atoms with van der Waals surface area (Å²) in [6.45, 7) is 0. The van der Waals surface area contributed by atoms with Gasteiger partial charge in [0.15, 0.2) is 0 Å². The summed E-state index contributed by atoms with van der Waals surface area (Å²) in [5.41, 5.74) is 0. The summed E-state index contributed by atoms with van der Waals surface area (Å²) < 4.78 is 0. The number of thiol groups is 1. The minimum absolute atomic E-state index is 0. The molecule has 0 unspecified atom stereocenters. The van der Waals surface area contributed by atoms with E-state index in [0.717, 1.165) is 47.4 Å². The molecule has 0 spiro atoms. The van der Waals surface area contributed by atoms with Crippen molar-refractivity contribution in [1.82, 2.24) is 0 Å². The molecule has 0 rings (SSSR count). The van der Waals surface area contributed by atoms with Crippen molar-refractivity contribution < 1.29 is 89.5 Å². The Kier molecular flexibility index (Phi) is 236. The second kappa shape index (κ2) is 64.1. The van der Waals surface area contributed by atoms with Crippen LogP contribution in [-0.2, 0) is 101 Å². The van der Waals surface area contributed by atoms with E-state index in [1.165, 1.54) is 0 Å². The van der Waals surface area contributed by atoms with E-state index < -0.39 is 0 Å². The molecule has 0 aliphatic heterocycles. The summed E-state index contributed by atoms with van der Waals surface area (Å²) in [5.74, 6) is 0. The summed E-state index contributed by atoms with van der Waals surface area (Å²) in [6, 6.07) is 0. The van der Waals surface area contributed by atoms with Gasteiger partial charge in [-0.2, -0.15) is 0 Å². The topological polar surface area (TPSA) is 0 Å². The van der Waals surface area contributed by atoms with Crippen LogP contribution in [-0.4, -0.2) is 0 Å². The van der Waals surface area contributed by atoms with E-state index in [0.29, 0.717) is 0 Å². The molecule has 0 saturated carbocycles. The average Bonchev–Trinajstić information content (AvgIpc) is 1.81. The third kappa shape index (κ3) is 47.7. The van der Waals surface area contributed by atoms with Crippen molar-refractivity contribution in [2.24, 2.45) is 0 Å². The van der Waals surface area contributed by atoms with Gasteiger partial charge >= 0.3 is 64.7 Å². The fraction of sp³-hybridized carbons (Fsp3) is 0. The monoisotopic (exact) mass is 553 g/mol. The molecule has 0 aliphatic rings. The summed E-state index contributed by atoms with van der Waals surface area (Å²) in [5, 5.41) is 0. The third-order valence-corrected chi connectivity index (χ3v) is 0. The van der Waals surface area contributed by atoms with Gasteiger partial charge in [0.1, 0.15) is 0 Å². The van der Waals surface area contributed by atoms with Crippen molar-refractivity contribution >= 4 is 40.6 Å². The van der Waals surface area contributed by atoms with Crippen LogP contribution < -0.4 is 0 Å².